The van der Waals surface area contributed by atoms with Crippen LogP contribution in [0.5, 0.6) is 23.0 Å². The van der Waals surface area contributed by atoms with Crippen molar-refractivity contribution in [2.45, 2.75) is 51.0 Å². The molecule has 0 fully saturated rings. The lowest BCUT2D eigenvalue weighted by atomic mass is 9.90. The van der Waals surface area contributed by atoms with E-state index < -0.39 is 0 Å². The Morgan fingerprint density at radius 2 is 1.42 bits per heavy atom. The minimum atomic E-state index is -0.153. The summed E-state index contributed by atoms with van der Waals surface area (Å²) in [5.41, 5.74) is 8.04. The summed E-state index contributed by atoms with van der Waals surface area (Å²) in [6, 6.07) is 23.3. The number of nitrogens with one attached hydrogen (secondary N) is 1. The first-order valence-electron chi connectivity index (χ1n) is 19.1. The van der Waals surface area contributed by atoms with Crippen molar-refractivity contribution < 1.29 is 28.5 Å². The summed E-state index contributed by atoms with van der Waals surface area (Å²) in [5.74, 6) is 1.54. The number of aliphatic imine (C=N–C) groups is 2. The van der Waals surface area contributed by atoms with E-state index in [0.717, 1.165) is 12.0 Å². The van der Waals surface area contributed by atoms with Crippen molar-refractivity contribution >= 4 is 35.1 Å². The van der Waals surface area contributed by atoms with E-state index in [1.54, 1.807) is 43.5 Å². The molecule has 1 N–H and O–H groups in total. The molecule has 11 heteroatoms. The Morgan fingerprint density at radius 3 is 2.11 bits per heavy atom. The van der Waals surface area contributed by atoms with Gasteiger partial charge in [0.2, 0.25) is 0 Å². The highest BCUT2D eigenvalue weighted by Crippen LogP contribution is 2.40. The Bertz CT molecular complexity index is 2370. The van der Waals surface area contributed by atoms with E-state index in [-0.39, 0.29) is 43.2 Å². The molecule has 0 spiro atoms. The van der Waals surface area contributed by atoms with Crippen LogP contribution in [0.15, 0.2) is 120 Å². The fourth-order valence-electron chi connectivity index (χ4n) is 8.04. The van der Waals surface area contributed by atoms with Crippen molar-refractivity contribution in [1.82, 2.24) is 9.80 Å². The number of benzene rings is 4. The number of hydrogen-bond acceptors (Lipinski definition) is 9. The third-order valence-electron chi connectivity index (χ3n) is 11.1. The van der Waals surface area contributed by atoms with Crippen molar-refractivity contribution in [1.29, 1.82) is 0 Å². The number of fused-ring (bicyclic) bond motifs is 6. The smallest absolute Gasteiger partial charge is 0.257 e. The van der Waals surface area contributed by atoms with E-state index in [4.69, 9.17) is 28.9 Å². The fraction of sp³-hybridized carbons (Fsp3) is 0.261. The van der Waals surface area contributed by atoms with Gasteiger partial charge in [-0.25, -0.2) is 0 Å². The molecule has 0 bridgehead atoms. The van der Waals surface area contributed by atoms with Gasteiger partial charge >= 0.3 is 0 Å². The summed E-state index contributed by atoms with van der Waals surface area (Å²) < 4.78 is 24.0. The zero-order chi connectivity index (χ0) is 39.6. The molecule has 8 rings (SSSR count). The van der Waals surface area contributed by atoms with E-state index in [2.05, 4.69) is 49.7 Å². The van der Waals surface area contributed by atoms with Gasteiger partial charge in [-0.3, -0.25) is 19.6 Å². The van der Waals surface area contributed by atoms with Crippen LogP contribution in [-0.2, 0) is 25.9 Å². The molecule has 0 aliphatic carbocycles. The summed E-state index contributed by atoms with van der Waals surface area (Å²) in [5, 5.41) is 3.58. The largest absolute Gasteiger partial charge is 0.493 e. The molecule has 0 saturated carbocycles. The van der Waals surface area contributed by atoms with Crippen molar-refractivity contribution in [3.8, 4) is 23.0 Å². The van der Waals surface area contributed by atoms with E-state index in [1.807, 2.05) is 46.3 Å². The first kappa shape index (κ1) is 37.3. The molecule has 57 heavy (non-hydrogen) atoms. The van der Waals surface area contributed by atoms with Crippen molar-refractivity contribution in [3.05, 3.63) is 143 Å². The topological polar surface area (TPSA) is 114 Å². The summed E-state index contributed by atoms with van der Waals surface area (Å²) in [6.45, 7) is 11.1. The maximum atomic E-state index is 14.0. The highest BCUT2D eigenvalue weighted by molar-refractivity contribution is 6.04. The van der Waals surface area contributed by atoms with Gasteiger partial charge in [0.15, 0.2) is 23.0 Å². The summed E-state index contributed by atoms with van der Waals surface area (Å²) in [7, 11) is 3.09. The standard InChI is InChI=1S/C46H45N5O6/c1-6-12-34(27-57-43-21-38-36(19-41(43)54-4)45(52)50-24-31-15-10-8-13-29(31)17-35(50)23-47-38)49-33(7-2)26-56-44-22-39-37(20-42(44)55-5)46(53)51-25-32-16-11-9-14-30(32)18-40(51)28(3)48-39/h6-16,19-23,28,35,40,48H,1-2,17-18,24-27H2,3-5H3/b34-12-,49-33+/t28?,35-,40-/m0/s1. The number of rotatable bonds is 11. The normalized spacial score (nSPS) is 19.6. The first-order valence-corrected chi connectivity index (χ1v) is 19.1. The molecule has 4 aromatic rings. The van der Waals surface area contributed by atoms with Crippen molar-refractivity contribution in [2.24, 2.45) is 9.98 Å². The van der Waals surface area contributed by atoms with Crippen LogP contribution in [0.1, 0.15) is 49.9 Å². The Morgan fingerprint density at radius 1 is 0.807 bits per heavy atom. The van der Waals surface area contributed by atoms with Crippen LogP contribution in [-0.4, -0.2) is 79.1 Å². The van der Waals surface area contributed by atoms with Gasteiger partial charge in [0.25, 0.3) is 11.8 Å². The maximum absolute atomic E-state index is 14.0. The van der Waals surface area contributed by atoms with Crippen LogP contribution in [0, 0.1) is 0 Å². The summed E-state index contributed by atoms with van der Waals surface area (Å²) in [6.07, 6.45) is 8.30. The summed E-state index contributed by atoms with van der Waals surface area (Å²) >= 11 is 0. The Balaban J connectivity index is 0.982. The highest BCUT2D eigenvalue weighted by atomic mass is 16.5. The van der Waals surface area contributed by atoms with Gasteiger partial charge in [0.05, 0.1) is 60.2 Å². The van der Waals surface area contributed by atoms with E-state index in [1.165, 1.54) is 23.8 Å². The zero-order valence-electron chi connectivity index (χ0n) is 32.4. The molecule has 1 unspecified atom stereocenters. The van der Waals surface area contributed by atoms with Gasteiger partial charge in [-0.2, -0.15) is 0 Å². The number of carbonyl (C=O) groups is 2. The van der Waals surface area contributed by atoms with E-state index in [0.29, 0.717) is 76.4 Å². The average molecular weight is 764 g/mol. The third-order valence-corrected chi connectivity index (χ3v) is 11.1. The van der Waals surface area contributed by atoms with Gasteiger partial charge in [-0.05, 0) is 66.3 Å². The molecule has 11 nitrogen and oxygen atoms in total. The van der Waals surface area contributed by atoms with Crippen LogP contribution in [0.2, 0.25) is 0 Å². The van der Waals surface area contributed by atoms with Gasteiger partial charge < -0.3 is 34.1 Å². The maximum Gasteiger partial charge on any atom is 0.257 e. The lowest BCUT2D eigenvalue weighted by Crippen LogP contribution is -2.49. The lowest BCUT2D eigenvalue weighted by Gasteiger charge is -2.38. The zero-order valence-corrected chi connectivity index (χ0v) is 32.4. The average Bonchev–Trinajstić information content (AvgIpc) is 3.42. The van der Waals surface area contributed by atoms with Gasteiger partial charge in [-0.1, -0.05) is 67.8 Å². The SMILES string of the molecule is C=C/C=C(COc1cc2c(cc1OC)C(=O)N1Cc3ccccc3C[C@H]1C=N2)\N=C(/C=C)COc1cc2c(cc1OC)C(=O)N1Cc3ccccc3C[C@H]1C(C)N2. The molecule has 4 aromatic carbocycles. The predicted molar refractivity (Wildman–Crippen MR) is 222 cm³/mol. The Labute approximate surface area is 332 Å². The molecule has 290 valence electrons. The highest BCUT2D eigenvalue weighted by Gasteiger charge is 2.38. The molecule has 4 aliphatic heterocycles. The van der Waals surface area contributed by atoms with Crippen LogP contribution in [0.3, 0.4) is 0 Å². The molecule has 0 radical (unpaired) electrons. The molecular formula is C46H45N5O6. The second-order valence-electron chi connectivity index (χ2n) is 14.5. The predicted octanol–water partition coefficient (Wildman–Crippen LogP) is 7.52. The molecule has 0 saturated heterocycles. The second kappa shape index (κ2) is 15.9. The van der Waals surface area contributed by atoms with E-state index in [9.17, 15) is 9.59 Å². The molecule has 4 aliphatic rings. The number of allylic oxidation sites excluding steroid dienone is 2. The monoisotopic (exact) mass is 763 g/mol. The van der Waals surface area contributed by atoms with Gasteiger partial charge in [0.1, 0.15) is 13.2 Å². The van der Waals surface area contributed by atoms with Crippen molar-refractivity contribution in [3.63, 3.8) is 0 Å². The number of carbonyl (C=O) groups excluding carboxylic acids is 2. The van der Waals surface area contributed by atoms with Crippen LogP contribution in [0.25, 0.3) is 0 Å². The van der Waals surface area contributed by atoms with Crippen LogP contribution < -0.4 is 24.3 Å². The second-order valence-corrected chi connectivity index (χ2v) is 14.5. The number of nitrogens with zero attached hydrogens (tertiary/aromatic N) is 4. The Kier molecular flexibility index (Phi) is 10.4. The van der Waals surface area contributed by atoms with E-state index >= 15 is 0 Å². The molecule has 3 atom stereocenters. The molecular weight excluding hydrogens is 719 g/mol. The molecule has 2 amide bonds. The lowest BCUT2D eigenvalue weighted by molar-refractivity contribution is 0.0632. The molecule has 0 aromatic heterocycles. The van der Waals surface area contributed by atoms with Gasteiger partial charge in [-0.15, -0.1) is 0 Å². The number of anilines is 1. The summed E-state index contributed by atoms with van der Waals surface area (Å²) in [4.78, 5) is 41.2. The number of methoxy groups -OCH3 is 2. The van der Waals surface area contributed by atoms with Gasteiger partial charge in [0, 0.05) is 37.5 Å². The minimum Gasteiger partial charge on any atom is -0.493 e. The third kappa shape index (κ3) is 7.28. The van der Waals surface area contributed by atoms with Crippen LogP contribution in [0.4, 0.5) is 11.4 Å². The fourth-order valence-corrected chi connectivity index (χ4v) is 8.04. The molecule has 4 heterocycles. The number of amides is 2. The first-order chi connectivity index (χ1) is 27.8. The minimum absolute atomic E-state index is 0.00582. The number of ether oxygens (including phenoxy) is 4. The van der Waals surface area contributed by atoms with Crippen molar-refractivity contribution in [2.75, 3.05) is 32.8 Å². The Hall–Kier alpha value is -6.62. The quantitative estimate of drug-likeness (QED) is 0.124. The van der Waals surface area contributed by atoms with Crippen LogP contribution >= 0.6 is 0 Å². The number of hydrogen-bond donors (Lipinski definition) is 1.